The summed E-state index contributed by atoms with van der Waals surface area (Å²) in [5, 5.41) is 16.7. The molecule has 0 bridgehead atoms. The second kappa shape index (κ2) is 18.9. The summed E-state index contributed by atoms with van der Waals surface area (Å²) >= 11 is 14.6. The van der Waals surface area contributed by atoms with Crippen molar-refractivity contribution < 1.29 is 37.4 Å². The highest BCUT2D eigenvalue weighted by Crippen LogP contribution is 2.31. The van der Waals surface area contributed by atoms with E-state index in [4.69, 9.17) is 38.1 Å². The fourth-order valence-electron chi connectivity index (χ4n) is 4.62. The van der Waals surface area contributed by atoms with Crippen LogP contribution >= 0.6 is 35.0 Å². The van der Waals surface area contributed by atoms with Gasteiger partial charge in [0.1, 0.15) is 16.7 Å². The minimum atomic E-state index is -5.08. The van der Waals surface area contributed by atoms with Crippen LogP contribution in [0.3, 0.4) is 0 Å². The van der Waals surface area contributed by atoms with E-state index in [1.807, 2.05) is 66.7 Å². The number of imidazole rings is 1. The third-order valence-corrected chi connectivity index (χ3v) is 8.82. The van der Waals surface area contributed by atoms with Gasteiger partial charge in [0.25, 0.3) is 0 Å². The Bertz CT molecular complexity index is 1950. The fraction of sp³-hybridized carbons (Fsp3) is 0.167. The number of anilines is 1. The van der Waals surface area contributed by atoms with Gasteiger partial charge < -0.3 is 25.5 Å². The van der Waals surface area contributed by atoms with Crippen molar-refractivity contribution >= 4 is 58.7 Å². The zero-order chi connectivity index (χ0) is 37.7. The SMILES string of the molecule is COC(=O)Nc1ccc(-c2nc([C@H](Cc3ccccc3)NC(=O)NCc3cc(Cl)ccc3SCc3ccccc3)[nH]c2Cl)cc1.O=C(O)C(F)(F)F. The van der Waals surface area contributed by atoms with E-state index >= 15 is 0 Å². The molecule has 52 heavy (non-hydrogen) atoms. The summed E-state index contributed by atoms with van der Waals surface area (Å²) in [7, 11) is 1.30. The van der Waals surface area contributed by atoms with Crippen molar-refractivity contribution in [3.8, 4) is 11.3 Å². The molecule has 0 saturated heterocycles. The predicted octanol–water partition coefficient (Wildman–Crippen LogP) is 9.27. The molecule has 0 radical (unpaired) electrons. The van der Waals surface area contributed by atoms with Crippen LogP contribution in [0.5, 0.6) is 0 Å². The van der Waals surface area contributed by atoms with Crippen molar-refractivity contribution in [2.45, 2.75) is 35.8 Å². The van der Waals surface area contributed by atoms with E-state index < -0.39 is 24.3 Å². The lowest BCUT2D eigenvalue weighted by molar-refractivity contribution is -0.192. The van der Waals surface area contributed by atoms with Gasteiger partial charge in [-0.3, -0.25) is 5.32 Å². The predicted molar refractivity (Wildman–Crippen MR) is 194 cm³/mol. The van der Waals surface area contributed by atoms with E-state index in [-0.39, 0.29) is 12.6 Å². The number of halogens is 5. The second-order valence-corrected chi connectivity index (χ2v) is 12.7. The first-order valence-corrected chi connectivity index (χ1v) is 17.1. The van der Waals surface area contributed by atoms with Crippen molar-refractivity contribution in [1.29, 1.82) is 0 Å². The largest absolute Gasteiger partial charge is 0.490 e. The molecule has 1 aromatic heterocycles. The summed E-state index contributed by atoms with van der Waals surface area (Å²) in [6.07, 6.45) is -5.16. The highest BCUT2D eigenvalue weighted by atomic mass is 35.5. The summed E-state index contributed by atoms with van der Waals surface area (Å²) < 4.78 is 36.4. The molecule has 3 amide bonds. The number of benzene rings is 4. The number of hydrogen-bond acceptors (Lipinski definition) is 6. The molecule has 0 aliphatic heterocycles. The first-order valence-electron chi connectivity index (χ1n) is 15.4. The maximum atomic E-state index is 13.3. The first-order chi connectivity index (χ1) is 24.8. The van der Waals surface area contributed by atoms with Crippen molar-refractivity contribution in [2.24, 2.45) is 0 Å². The Hall–Kier alpha value is -5.18. The monoisotopic (exact) mass is 773 g/mol. The third-order valence-electron chi connectivity index (χ3n) is 7.13. The van der Waals surface area contributed by atoms with Crippen LogP contribution in [-0.4, -0.2) is 46.5 Å². The topological polar surface area (TPSA) is 145 Å². The molecule has 0 saturated carbocycles. The van der Waals surface area contributed by atoms with Gasteiger partial charge in [0.15, 0.2) is 0 Å². The van der Waals surface area contributed by atoms with E-state index in [9.17, 15) is 22.8 Å². The number of carboxylic acids is 1. The molecule has 5 N–H and O–H groups in total. The zero-order valence-corrected chi connectivity index (χ0v) is 29.7. The van der Waals surface area contributed by atoms with Gasteiger partial charge in [0, 0.05) is 33.5 Å². The number of aromatic amines is 1. The van der Waals surface area contributed by atoms with Gasteiger partial charge in [0.2, 0.25) is 0 Å². The van der Waals surface area contributed by atoms with Gasteiger partial charge in [-0.25, -0.2) is 19.4 Å². The number of rotatable bonds is 11. The molecule has 5 aromatic rings. The van der Waals surface area contributed by atoms with Crippen LogP contribution in [0.1, 0.15) is 28.6 Å². The summed E-state index contributed by atoms with van der Waals surface area (Å²) in [6.45, 7) is 0.289. The molecule has 16 heteroatoms. The number of ether oxygens (including phenoxy) is 1. The number of nitrogens with zero attached hydrogens (tertiary/aromatic N) is 1. The number of carbonyl (C=O) groups excluding carboxylic acids is 2. The molecule has 0 aliphatic rings. The molecule has 272 valence electrons. The Morgan fingerprint density at radius 1 is 0.923 bits per heavy atom. The van der Waals surface area contributed by atoms with Crippen molar-refractivity contribution in [3.05, 3.63) is 136 Å². The van der Waals surface area contributed by atoms with Gasteiger partial charge in [-0.2, -0.15) is 13.2 Å². The van der Waals surface area contributed by atoms with E-state index in [1.54, 1.807) is 36.0 Å². The zero-order valence-electron chi connectivity index (χ0n) is 27.3. The molecule has 0 aliphatic carbocycles. The van der Waals surface area contributed by atoms with E-state index in [2.05, 4.69) is 37.8 Å². The van der Waals surface area contributed by atoms with Gasteiger partial charge in [-0.15, -0.1) is 11.8 Å². The van der Waals surface area contributed by atoms with Gasteiger partial charge in [-0.05, 0) is 53.4 Å². The minimum Gasteiger partial charge on any atom is -0.475 e. The number of carbonyl (C=O) groups is 3. The molecule has 1 atom stereocenters. The van der Waals surface area contributed by atoms with Gasteiger partial charge in [-0.1, -0.05) is 96.0 Å². The molecule has 1 heterocycles. The molecule has 0 fully saturated rings. The smallest absolute Gasteiger partial charge is 0.475 e. The number of H-pyrrole nitrogens is 1. The average Bonchev–Trinajstić information content (AvgIpc) is 3.52. The summed E-state index contributed by atoms with van der Waals surface area (Å²) in [4.78, 5) is 42.7. The molecule has 0 spiro atoms. The number of urea groups is 1. The lowest BCUT2D eigenvalue weighted by Gasteiger charge is -2.18. The quantitative estimate of drug-likeness (QED) is 0.0842. The molecule has 5 rings (SSSR count). The number of hydrogen-bond donors (Lipinski definition) is 5. The summed E-state index contributed by atoms with van der Waals surface area (Å²) in [5.74, 6) is -1.45. The molecular formula is C36H32Cl2F3N5O5S. The minimum absolute atomic E-state index is 0.289. The number of aliphatic carboxylic acids is 1. The van der Waals surface area contributed by atoms with Crippen molar-refractivity contribution in [2.75, 3.05) is 12.4 Å². The van der Waals surface area contributed by atoms with Crippen LogP contribution in [0.15, 0.2) is 108 Å². The summed E-state index contributed by atoms with van der Waals surface area (Å²) in [5.41, 5.74) is 4.98. The highest BCUT2D eigenvalue weighted by molar-refractivity contribution is 7.98. The lowest BCUT2D eigenvalue weighted by atomic mass is 10.1. The highest BCUT2D eigenvalue weighted by Gasteiger charge is 2.38. The molecule has 0 unspecified atom stereocenters. The Balaban J connectivity index is 0.000000785. The normalized spacial score (nSPS) is 11.4. The number of alkyl halides is 3. The maximum Gasteiger partial charge on any atom is 0.490 e. The van der Waals surface area contributed by atoms with Crippen LogP contribution in [0.2, 0.25) is 10.2 Å². The molecule has 10 nitrogen and oxygen atoms in total. The van der Waals surface area contributed by atoms with Crippen molar-refractivity contribution in [1.82, 2.24) is 20.6 Å². The Labute approximate surface area is 311 Å². The number of carboxylic acid groups (broad SMARTS) is 1. The fourth-order valence-corrected chi connectivity index (χ4v) is 6.06. The second-order valence-electron chi connectivity index (χ2n) is 10.9. The van der Waals surface area contributed by atoms with Gasteiger partial charge in [0.05, 0.1) is 13.2 Å². The average molecular weight is 775 g/mol. The maximum absolute atomic E-state index is 13.3. The number of amides is 3. The van der Waals surface area contributed by atoms with Gasteiger partial charge >= 0.3 is 24.3 Å². The van der Waals surface area contributed by atoms with Crippen LogP contribution in [0.25, 0.3) is 11.3 Å². The standard InChI is InChI=1S/C34H31Cl2N5O3S.C2HF3O2/c1-44-34(43)38-27-15-12-24(13-16-27)30-31(36)41-32(40-30)28(18-22-8-4-2-5-9-22)39-33(42)37-20-25-19-26(35)14-17-29(25)45-21-23-10-6-3-7-11-23;3-2(4,5)1(6)7/h2-17,19,28H,18,20-21H2,1H3,(H,38,43)(H,40,41)(H2,37,39,42);(H,6,7)/t28-;/m0./s1. The van der Waals surface area contributed by atoms with Crippen LogP contribution in [-0.2, 0) is 28.2 Å². The number of aromatic nitrogens is 2. The van der Waals surface area contributed by atoms with E-state index in [0.717, 1.165) is 27.3 Å². The Kier molecular flexibility index (Phi) is 14.4. The first kappa shape index (κ1) is 39.6. The van der Waals surface area contributed by atoms with Crippen LogP contribution in [0, 0.1) is 0 Å². The van der Waals surface area contributed by atoms with E-state index in [1.165, 1.54) is 12.7 Å². The number of thioether (sulfide) groups is 1. The molecule has 4 aromatic carbocycles. The number of methoxy groups -OCH3 is 1. The summed E-state index contributed by atoms with van der Waals surface area (Å²) in [6, 6.07) is 31.9. The molecular weight excluding hydrogens is 742 g/mol. The number of nitrogens with one attached hydrogen (secondary N) is 4. The van der Waals surface area contributed by atoms with Crippen LogP contribution in [0.4, 0.5) is 28.4 Å². The third kappa shape index (κ3) is 12.2. The van der Waals surface area contributed by atoms with Crippen molar-refractivity contribution in [3.63, 3.8) is 0 Å². The lowest BCUT2D eigenvalue weighted by Crippen LogP contribution is -2.38. The Morgan fingerprint density at radius 3 is 2.13 bits per heavy atom. The van der Waals surface area contributed by atoms with E-state index in [0.29, 0.717) is 33.8 Å². The Morgan fingerprint density at radius 2 is 1.54 bits per heavy atom. The van der Waals surface area contributed by atoms with Crippen LogP contribution < -0.4 is 16.0 Å².